The van der Waals surface area contributed by atoms with Crippen LogP contribution in [0.4, 0.5) is 0 Å². The summed E-state index contributed by atoms with van der Waals surface area (Å²) in [6, 6.07) is 13.4. The maximum Gasteiger partial charge on any atom is 0.104 e. The van der Waals surface area contributed by atoms with Crippen molar-refractivity contribution in [3.8, 4) is 11.1 Å². The minimum atomic E-state index is 0.392. The summed E-state index contributed by atoms with van der Waals surface area (Å²) in [7, 11) is 0. The first-order valence-electron chi connectivity index (χ1n) is 8.97. The van der Waals surface area contributed by atoms with Crippen LogP contribution in [0.25, 0.3) is 11.1 Å². The topological polar surface area (TPSA) is 34.3 Å². The van der Waals surface area contributed by atoms with E-state index >= 15 is 0 Å². The highest BCUT2D eigenvalue weighted by Crippen LogP contribution is 2.24. The van der Waals surface area contributed by atoms with E-state index in [1.807, 2.05) is 0 Å². The second-order valence-electron chi connectivity index (χ2n) is 7.20. The number of hydrogen-bond donors (Lipinski definition) is 0. The van der Waals surface area contributed by atoms with Crippen LogP contribution in [0.3, 0.4) is 0 Å². The zero-order valence-electron chi connectivity index (χ0n) is 15.7. The average Bonchev–Trinajstić information content (AvgIpc) is 3.41. The summed E-state index contributed by atoms with van der Waals surface area (Å²) in [6.07, 6.45) is 0.785. The van der Waals surface area contributed by atoms with Gasteiger partial charge in [-0.15, -0.1) is 0 Å². The number of aryl methyl sites for hydroxylation is 4. The molecule has 4 rings (SSSR count). The highest BCUT2D eigenvalue weighted by atomic mass is 16.6. The zero-order chi connectivity index (χ0) is 17.8. The summed E-state index contributed by atoms with van der Waals surface area (Å²) >= 11 is 0. The zero-order valence-corrected chi connectivity index (χ0v) is 15.7. The standard InChI is InChI=1S/C16H18.C6H10O3/c1-11-5-12(2)8-15(7-11)16-9-13(3)6-14(4)10-16;1(5-3-8-5)7-2-6-4-9-6/h5-10H,1-4H3;5-6H,1-4H2. The van der Waals surface area contributed by atoms with E-state index in [4.69, 9.17) is 14.2 Å². The van der Waals surface area contributed by atoms with Gasteiger partial charge in [-0.3, -0.25) is 0 Å². The van der Waals surface area contributed by atoms with Gasteiger partial charge in [-0.2, -0.15) is 0 Å². The Morgan fingerprint density at radius 3 is 1.28 bits per heavy atom. The molecule has 0 aliphatic carbocycles. The van der Waals surface area contributed by atoms with Crippen molar-refractivity contribution in [1.29, 1.82) is 0 Å². The van der Waals surface area contributed by atoms with E-state index in [2.05, 4.69) is 64.1 Å². The van der Waals surface area contributed by atoms with Gasteiger partial charge in [0.1, 0.15) is 12.2 Å². The molecule has 2 aliphatic rings. The molecule has 2 aliphatic heterocycles. The molecule has 0 bridgehead atoms. The maximum atomic E-state index is 5.23. The van der Waals surface area contributed by atoms with E-state index in [9.17, 15) is 0 Å². The lowest BCUT2D eigenvalue weighted by Crippen LogP contribution is -2.06. The van der Waals surface area contributed by atoms with E-state index in [0.717, 1.165) is 26.4 Å². The smallest absolute Gasteiger partial charge is 0.104 e. The summed E-state index contributed by atoms with van der Waals surface area (Å²) in [5.41, 5.74) is 7.96. The fraction of sp³-hybridized carbons (Fsp3) is 0.455. The van der Waals surface area contributed by atoms with Crippen molar-refractivity contribution < 1.29 is 14.2 Å². The predicted octanol–water partition coefficient (Wildman–Crippen LogP) is 4.39. The molecule has 25 heavy (non-hydrogen) atoms. The summed E-state index contributed by atoms with van der Waals surface area (Å²) in [5, 5.41) is 0. The van der Waals surface area contributed by atoms with Crippen molar-refractivity contribution in [2.24, 2.45) is 0 Å². The number of epoxide rings is 2. The molecule has 0 radical (unpaired) electrons. The van der Waals surface area contributed by atoms with Crippen molar-refractivity contribution in [2.45, 2.75) is 39.9 Å². The Kier molecular flexibility index (Phi) is 5.89. The van der Waals surface area contributed by atoms with E-state index in [0.29, 0.717) is 12.2 Å². The molecule has 2 heterocycles. The Hall–Kier alpha value is -1.68. The van der Waals surface area contributed by atoms with Crippen LogP contribution < -0.4 is 0 Å². The highest BCUT2D eigenvalue weighted by Gasteiger charge is 2.26. The molecule has 2 saturated heterocycles. The van der Waals surface area contributed by atoms with Crippen LogP contribution in [0.1, 0.15) is 22.3 Å². The monoisotopic (exact) mass is 340 g/mol. The molecule has 2 unspecified atom stereocenters. The van der Waals surface area contributed by atoms with E-state index in [1.165, 1.54) is 33.4 Å². The molecule has 2 atom stereocenters. The third kappa shape index (κ3) is 6.28. The first kappa shape index (κ1) is 18.1. The minimum absolute atomic E-state index is 0.392. The lowest BCUT2D eigenvalue weighted by Gasteiger charge is -2.07. The predicted molar refractivity (Wildman–Crippen MR) is 101 cm³/mol. The molecule has 2 aromatic rings. The Morgan fingerprint density at radius 1 is 0.680 bits per heavy atom. The van der Waals surface area contributed by atoms with Crippen LogP contribution in [-0.2, 0) is 14.2 Å². The molecule has 0 amide bonds. The third-order valence-electron chi connectivity index (χ3n) is 4.19. The second-order valence-corrected chi connectivity index (χ2v) is 7.20. The summed E-state index contributed by atoms with van der Waals surface area (Å²) in [5.74, 6) is 0. The number of benzene rings is 2. The van der Waals surface area contributed by atoms with Gasteiger partial charge in [0.15, 0.2) is 0 Å². The third-order valence-corrected chi connectivity index (χ3v) is 4.19. The molecule has 0 saturated carbocycles. The van der Waals surface area contributed by atoms with Gasteiger partial charge in [0.2, 0.25) is 0 Å². The summed E-state index contributed by atoms with van der Waals surface area (Å²) < 4.78 is 15.1. The van der Waals surface area contributed by atoms with Crippen molar-refractivity contribution in [3.63, 3.8) is 0 Å². The van der Waals surface area contributed by atoms with E-state index in [1.54, 1.807) is 0 Å². The van der Waals surface area contributed by atoms with Gasteiger partial charge in [-0.05, 0) is 38.8 Å². The van der Waals surface area contributed by atoms with Crippen molar-refractivity contribution in [1.82, 2.24) is 0 Å². The summed E-state index contributed by atoms with van der Waals surface area (Å²) in [6.45, 7) is 11.9. The van der Waals surface area contributed by atoms with Crippen molar-refractivity contribution in [3.05, 3.63) is 58.7 Å². The van der Waals surface area contributed by atoms with Crippen LogP contribution in [-0.4, -0.2) is 38.6 Å². The van der Waals surface area contributed by atoms with Gasteiger partial charge in [0.25, 0.3) is 0 Å². The van der Waals surface area contributed by atoms with Crippen LogP contribution in [0, 0.1) is 27.7 Å². The molecule has 0 aromatic heterocycles. The van der Waals surface area contributed by atoms with Gasteiger partial charge in [0, 0.05) is 0 Å². The molecular formula is C22H28O3. The van der Waals surface area contributed by atoms with E-state index < -0.39 is 0 Å². The maximum absolute atomic E-state index is 5.23. The van der Waals surface area contributed by atoms with Crippen LogP contribution in [0.15, 0.2) is 36.4 Å². The molecule has 2 aromatic carbocycles. The first-order valence-corrected chi connectivity index (χ1v) is 8.97. The largest absolute Gasteiger partial charge is 0.376 e. The highest BCUT2D eigenvalue weighted by molar-refractivity contribution is 5.66. The Bertz CT molecular complexity index is 613. The van der Waals surface area contributed by atoms with Gasteiger partial charge in [0.05, 0.1) is 26.4 Å². The molecule has 0 N–H and O–H groups in total. The van der Waals surface area contributed by atoms with E-state index in [-0.39, 0.29) is 0 Å². The van der Waals surface area contributed by atoms with Gasteiger partial charge in [-0.25, -0.2) is 0 Å². The quantitative estimate of drug-likeness (QED) is 0.757. The molecule has 3 heteroatoms. The fourth-order valence-electron chi connectivity index (χ4n) is 2.94. The Labute approximate surface area is 150 Å². The molecule has 0 spiro atoms. The lowest BCUT2D eigenvalue weighted by atomic mass is 9.98. The number of rotatable bonds is 5. The molecule has 3 nitrogen and oxygen atoms in total. The van der Waals surface area contributed by atoms with Gasteiger partial charge in [-0.1, -0.05) is 58.7 Å². The number of hydrogen-bond acceptors (Lipinski definition) is 3. The van der Waals surface area contributed by atoms with Crippen molar-refractivity contribution >= 4 is 0 Å². The molecular weight excluding hydrogens is 312 g/mol. The van der Waals surface area contributed by atoms with Crippen LogP contribution >= 0.6 is 0 Å². The molecule has 134 valence electrons. The fourth-order valence-corrected chi connectivity index (χ4v) is 2.94. The van der Waals surface area contributed by atoms with Gasteiger partial charge >= 0.3 is 0 Å². The first-order chi connectivity index (χ1) is 12.0. The number of ether oxygens (including phenoxy) is 3. The average molecular weight is 340 g/mol. The normalized spacial score (nSPS) is 20.6. The SMILES string of the molecule is C(OCC1CO1)C1CO1.Cc1cc(C)cc(-c2cc(C)cc(C)c2)c1. The van der Waals surface area contributed by atoms with Crippen LogP contribution in [0.5, 0.6) is 0 Å². The van der Waals surface area contributed by atoms with Crippen LogP contribution in [0.2, 0.25) is 0 Å². The molecule has 2 fully saturated rings. The Morgan fingerprint density at radius 2 is 1.00 bits per heavy atom. The minimum Gasteiger partial charge on any atom is -0.376 e. The lowest BCUT2D eigenvalue weighted by molar-refractivity contribution is 0.102. The van der Waals surface area contributed by atoms with Crippen molar-refractivity contribution in [2.75, 3.05) is 26.4 Å². The Balaban J connectivity index is 0.000000170. The summed E-state index contributed by atoms with van der Waals surface area (Å²) in [4.78, 5) is 0. The van der Waals surface area contributed by atoms with Gasteiger partial charge < -0.3 is 14.2 Å². The second kappa shape index (κ2) is 8.13.